The van der Waals surface area contributed by atoms with Gasteiger partial charge in [0.25, 0.3) is 5.91 Å². The molecule has 1 aliphatic rings. The molecule has 4 heterocycles. The molecule has 6 nitrogen and oxygen atoms in total. The molecule has 0 radical (unpaired) electrons. The van der Waals surface area contributed by atoms with Crippen molar-refractivity contribution in [1.82, 2.24) is 19.3 Å². The van der Waals surface area contributed by atoms with Crippen molar-refractivity contribution in [3.8, 4) is 5.88 Å². The molecule has 0 unspecified atom stereocenters. The standard InChI is InChI=1S/C18H18N4O2/c23-18(14-11-15-3-1-2-8-22(15)12-14)21-9-5-16(6-10-21)24-17-4-7-19-13-20-17/h1-4,7-8,11-13,16H,5-6,9-10H2. The van der Waals surface area contributed by atoms with Crippen molar-refractivity contribution < 1.29 is 9.53 Å². The van der Waals surface area contributed by atoms with E-state index in [2.05, 4.69) is 9.97 Å². The molecule has 0 atom stereocenters. The molecular formula is C18H18N4O2. The second-order valence-corrected chi connectivity index (χ2v) is 5.92. The van der Waals surface area contributed by atoms with Crippen molar-refractivity contribution in [1.29, 1.82) is 0 Å². The van der Waals surface area contributed by atoms with Gasteiger partial charge in [-0.3, -0.25) is 4.79 Å². The topological polar surface area (TPSA) is 59.7 Å². The summed E-state index contributed by atoms with van der Waals surface area (Å²) in [5.74, 6) is 0.674. The number of amides is 1. The maximum Gasteiger partial charge on any atom is 0.255 e. The van der Waals surface area contributed by atoms with Crippen LogP contribution in [0.4, 0.5) is 0 Å². The minimum atomic E-state index is 0.0826. The lowest BCUT2D eigenvalue weighted by Crippen LogP contribution is -2.41. The van der Waals surface area contributed by atoms with Gasteiger partial charge >= 0.3 is 0 Å². The molecule has 0 bridgehead atoms. The summed E-state index contributed by atoms with van der Waals surface area (Å²) in [6, 6.07) is 9.62. The number of nitrogens with zero attached hydrogens (tertiary/aromatic N) is 4. The van der Waals surface area contributed by atoms with Crippen molar-refractivity contribution in [2.24, 2.45) is 0 Å². The number of aromatic nitrogens is 3. The Hall–Kier alpha value is -2.89. The maximum absolute atomic E-state index is 12.7. The maximum atomic E-state index is 12.7. The van der Waals surface area contributed by atoms with Gasteiger partial charge in [0.1, 0.15) is 12.4 Å². The largest absolute Gasteiger partial charge is 0.474 e. The summed E-state index contributed by atoms with van der Waals surface area (Å²) in [7, 11) is 0. The number of carbonyl (C=O) groups is 1. The normalized spacial score (nSPS) is 15.6. The first-order valence-electron chi connectivity index (χ1n) is 8.08. The number of piperidine rings is 1. The van der Waals surface area contributed by atoms with Crippen LogP contribution in [0.5, 0.6) is 5.88 Å². The highest BCUT2D eigenvalue weighted by Crippen LogP contribution is 2.19. The van der Waals surface area contributed by atoms with Crippen LogP contribution in [-0.4, -0.2) is 44.4 Å². The van der Waals surface area contributed by atoms with Crippen LogP contribution in [0.2, 0.25) is 0 Å². The van der Waals surface area contributed by atoms with E-state index in [9.17, 15) is 4.79 Å². The van der Waals surface area contributed by atoms with E-state index in [-0.39, 0.29) is 12.0 Å². The number of fused-ring (bicyclic) bond motifs is 1. The average molecular weight is 322 g/mol. The SMILES string of the molecule is O=C(c1cc2ccccn2c1)N1CCC(Oc2ccncn2)CC1. The molecule has 1 saturated heterocycles. The van der Waals surface area contributed by atoms with E-state index in [1.807, 2.05) is 46.0 Å². The fraction of sp³-hybridized carbons (Fsp3) is 0.278. The van der Waals surface area contributed by atoms with E-state index in [0.29, 0.717) is 19.0 Å². The molecular weight excluding hydrogens is 304 g/mol. The summed E-state index contributed by atoms with van der Waals surface area (Å²) in [6.45, 7) is 1.39. The van der Waals surface area contributed by atoms with Gasteiger partial charge in [0.05, 0.1) is 5.56 Å². The van der Waals surface area contributed by atoms with E-state index in [1.165, 1.54) is 6.33 Å². The van der Waals surface area contributed by atoms with Crippen molar-refractivity contribution in [3.05, 3.63) is 60.8 Å². The zero-order valence-corrected chi connectivity index (χ0v) is 13.2. The van der Waals surface area contributed by atoms with Crippen LogP contribution in [0.3, 0.4) is 0 Å². The second-order valence-electron chi connectivity index (χ2n) is 5.92. The lowest BCUT2D eigenvalue weighted by Gasteiger charge is -2.31. The summed E-state index contributed by atoms with van der Waals surface area (Å²) in [4.78, 5) is 22.5. The third-order valence-corrected chi connectivity index (χ3v) is 4.32. The summed E-state index contributed by atoms with van der Waals surface area (Å²) >= 11 is 0. The molecule has 6 heteroatoms. The predicted molar refractivity (Wildman–Crippen MR) is 89.0 cm³/mol. The van der Waals surface area contributed by atoms with Crippen molar-refractivity contribution >= 4 is 11.4 Å². The first-order valence-corrected chi connectivity index (χ1v) is 8.08. The van der Waals surface area contributed by atoms with E-state index in [1.54, 1.807) is 12.3 Å². The van der Waals surface area contributed by atoms with Gasteiger partial charge in [-0.25, -0.2) is 9.97 Å². The van der Waals surface area contributed by atoms with Gasteiger partial charge in [0.15, 0.2) is 0 Å². The highest BCUT2D eigenvalue weighted by atomic mass is 16.5. The Bertz CT molecular complexity index is 805. The van der Waals surface area contributed by atoms with Crippen LogP contribution in [0.15, 0.2) is 55.2 Å². The molecule has 122 valence electrons. The van der Waals surface area contributed by atoms with Gasteiger partial charge in [0, 0.05) is 56.1 Å². The Kier molecular flexibility index (Phi) is 3.86. The number of carbonyl (C=O) groups excluding carboxylic acids is 1. The molecule has 0 saturated carbocycles. The number of rotatable bonds is 3. The van der Waals surface area contributed by atoms with Crippen LogP contribution in [-0.2, 0) is 0 Å². The summed E-state index contributed by atoms with van der Waals surface area (Å²) in [5, 5.41) is 0. The van der Waals surface area contributed by atoms with Crippen LogP contribution < -0.4 is 4.74 Å². The molecule has 3 aromatic rings. The quantitative estimate of drug-likeness (QED) is 0.743. The fourth-order valence-corrected chi connectivity index (χ4v) is 3.05. The van der Waals surface area contributed by atoms with Crippen molar-refractivity contribution in [2.45, 2.75) is 18.9 Å². The van der Waals surface area contributed by atoms with Gasteiger partial charge in [-0.2, -0.15) is 0 Å². The zero-order valence-electron chi connectivity index (χ0n) is 13.2. The van der Waals surface area contributed by atoms with Gasteiger partial charge in [-0.05, 0) is 18.2 Å². The molecule has 0 N–H and O–H groups in total. The molecule has 1 amide bonds. The molecule has 0 aromatic carbocycles. The van der Waals surface area contributed by atoms with Crippen molar-refractivity contribution in [3.63, 3.8) is 0 Å². The molecule has 1 aliphatic heterocycles. The summed E-state index contributed by atoms with van der Waals surface area (Å²) in [6.07, 6.45) is 8.70. The van der Waals surface area contributed by atoms with Crippen LogP contribution in [0.25, 0.3) is 5.52 Å². The van der Waals surface area contributed by atoms with E-state index >= 15 is 0 Å². The highest BCUT2D eigenvalue weighted by Gasteiger charge is 2.25. The number of likely N-dealkylation sites (tertiary alicyclic amines) is 1. The zero-order chi connectivity index (χ0) is 16.4. The molecule has 4 rings (SSSR count). The van der Waals surface area contributed by atoms with Crippen molar-refractivity contribution in [2.75, 3.05) is 13.1 Å². The van der Waals surface area contributed by atoms with Gasteiger partial charge < -0.3 is 14.0 Å². The number of pyridine rings is 1. The number of hydrogen-bond acceptors (Lipinski definition) is 4. The summed E-state index contributed by atoms with van der Waals surface area (Å²) < 4.78 is 7.81. The average Bonchev–Trinajstić information content (AvgIpc) is 3.07. The van der Waals surface area contributed by atoms with Gasteiger partial charge in [0.2, 0.25) is 5.88 Å². The Morgan fingerprint density at radius 3 is 2.83 bits per heavy atom. The van der Waals surface area contributed by atoms with E-state index < -0.39 is 0 Å². The highest BCUT2D eigenvalue weighted by molar-refractivity contribution is 5.95. The van der Waals surface area contributed by atoms with Crippen LogP contribution >= 0.6 is 0 Å². The van der Waals surface area contributed by atoms with E-state index in [0.717, 1.165) is 23.9 Å². The summed E-state index contributed by atoms with van der Waals surface area (Å²) in [5.41, 5.74) is 1.76. The molecule has 0 aliphatic carbocycles. The first-order chi connectivity index (χ1) is 11.8. The van der Waals surface area contributed by atoms with Gasteiger partial charge in [-0.15, -0.1) is 0 Å². The number of ether oxygens (including phenoxy) is 1. The first kappa shape index (κ1) is 14.7. The van der Waals surface area contributed by atoms with E-state index in [4.69, 9.17) is 4.74 Å². The number of hydrogen-bond donors (Lipinski definition) is 0. The van der Waals surface area contributed by atoms with Gasteiger partial charge in [-0.1, -0.05) is 6.07 Å². The minimum absolute atomic E-state index is 0.0826. The van der Waals surface area contributed by atoms with Crippen LogP contribution in [0, 0.1) is 0 Å². The Balaban J connectivity index is 1.39. The third-order valence-electron chi connectivity index (χ3n) is 4.32. The molecule has 0 spiro atoms. The Morgan fingerprint density at radius 1 is 1.21 bits per heavy atom. The van der Waals surface area contributed by atoms with Crippen LogP contribution in [0.1, 0.15) is 23.2 Å². The third kappa shape index (κ3) is 2.95. The monoisotopic (exact) mass is 322 g/mol. The molecule has 24 heavy (non-hydrogen) atoms. The Morgan fingerprint density at radius 2 is 2.08 bits per heavy atom. The molecule has 1 fully saturated rings. The second kappa shape index (κ2) is 6.31. The predicted octanol–water partition coefficient (Wildman–Crippen LogP) is 2.41. The molecule has 3 aromatic heterocycles. The fourth-order valence-electron chi connectivity index (χ4n) is 3.05. The minimum Gasteiger partial charge on any atom is -0.474 e. The Labute approximate surface area is 139 Å². The lowest BCUT2D eigenvalue weighted by atomic mass is 10.1. The smallest absolute Gasteiger partial charge is 0.255 e. The lowest BCUT2D eigenvalue weighted by molar-refractivity contribution is 0.0588.